The number of amides is 3. The van der Waals surface area contributed by atoms with Crippen LogP contribution in [0.4, 0.5) is 0 Å². The van der Waals surface area contributed by atoms with Crippen molar-refractivity contribution in [3.05, 3.63) is 92.7 Å². The first-order valence-electron chi connectivity index (χ1n) is 9.39. The summed E-state index contributed by atoms with van der Waals surface area (Å²) in [5, 5.41) is 5.06. The molecule has 6 heteroatoms. The van der Waals surface area contributed by atoms with E-state index in [1.807, 2.05) is 29.6 Å². The summed E-state index contributed by atoms with van der Waals surface area (Å²) < 4.78 is 0. The second kappa shape index (κ2) is 7.64. The van der Waals surface area contributed by atoms with Gasteiger partial charge in [-0.1, -0.05) is 37.3 Å². The number of imide groups is 1. The number of aryl methyl sites for hydroxylation is 1. The number of carbonyl (C=O) groups is 3. The van der Waals surface area contributed by atoms with Crippen molar-refractivity contribution in [2.45, 2.75) is 19.4 Å². The molecular formula is C23H20N2O3S. The topological polar surface area (TPSA) is 66.5 Å². The molecule has 0 saturated carbocycles. The molecule has 1 atom stereocenters. The fraction of sp³-hybridized carbons (Fsp3) is 0.174. The Morgan fingerprint density at radius 2 is 1.76 bits per heavy atom. The van der Waals surface area contributed by atoms with Crippen molar-refractivity contribution >= 4 is 29.1 Å². The minimum Gasteiger partial charge on any atom is -0.340 e. The molecule has 0 spiro atoms. The molecule has 4 rings (SSSR count). The van der Waals surface area contributed by atoms with E-state index in [-0.39, 0.29) is 29.3 Å². The van der Waals surface area contributed by atoms with Gasteiger partial charge in [0.25, 0.3) is 17.7 Å². The summed E-state index contributed by atoms with van der Waals surface area (Å²) in [7, 11) is 1.44. The van der Waals surface area contributed by atoms with E-state index in [1.54, 1.807) is 23.5 Å². The van der Waals surface area contributed by atoms with Gasteiger partial charge in [0.15, 0.2) is 0 Å². The van der Waals surface area contributed by atoms with E-state index in [4.69, 9.17) is 0 Å². The Hall–Kier alpha value is -3.25. The van der Waals surface area contributed by atoms with Crippen LogP contribution in [-0.4, -0.2) is 29.7 Å². The van der Waals surface area contributed by atoms with E-state index in [1.165, 1.54) is 18.7 Å². The van der Waals surface area contributed by atoms with Gasteiger partial charge < -0.3 is 5.32 Å². The van der Waals surface area contributed by atoms with Crippen molar-refractivity contribution in [2.24, 2.45) is 0 Å². The van der Waals surface area contributed by atoms with E-state index in [9.17, 15) is 14.4 Å². The molecule has 0 aliphatic carbocycles. The molecule has 3 amide bonds. The monoisotopic (exact) mass is 404 g/mol. The van der Waals surface area contributed by atoms with Crippen LogP contribution in [0.3, 0.4) is 0 Å². The number of nitrogens with one attached hydrogen (secondary N) is 1. The minimum absolute atomic E-state index is 0.269. The van der Waals surface area contributed by atoms with E-state index in [0.717, 1.165) is 21.8 Å². The first-order chi connectivity index (χ1) is 14.0. The highest BCUT2D eigenvalue weighted by atomic mass is 32.1. The van der Waals surface area contributed by atoms with Gasteiger partial charge in [-0.2, -0.15) is 0 Å². The molecule has 0 saturated heterocycles. The maximum absolute atomic E-state index is 13.0. The molecule has 1 aliphatic rings. The van der Waals surface area contributed by atoms with Crippen molar-refractivity contribution in [2.75, 3.05) is 7.05 Å². The van der Waals surface area contributed by atoms with Gasteiger partial charge in [-0.25, -0.2) is 0 Å². The predicted molar refractivity (Wildman–Crippen MR) is 112 cm³/mol. The number of hydrogen-bond donors (Lipinski definition) is 1. The highest BCUT2D eigenvalue weighted by Crippen LogP contribution is 2.28. The summed E-state index contributed by atoms with van der Waals surface area (Å²) in [5.74, 6) is -1.02. The summed E-state index contributed by atoms with van der Waals surface area (Å²) in [4.78, 5) is 39.4. The summed E-state index contributed by atoms with van der Waals surface area (Å²) in [6.07, 6.45) is 0.951. The lowest BCUT2D eigenvalue weighted by Gasteiger charge is -2.19. The first kappa shape index (κ1) is 19.1. The van der Waals surface area contributed by atoms with Gasteiger partial charge in [0.2, 0.25) is 0 Å². The van der Waals surface area contributed by atoms with Crippen molar-refractivity contribution in [3.8, 4) is 0 Å². The van der Waals surface area contributed by atoms with E-state index in [0.29, 0.717) is 11.1 Å². The highest BCUT2D eigenvalue weighted by Gasteiger charge is 2.33. The zero-order chi connectivity index (χ0) is 20.5. The number of nitrogens with zero attached hydrogens (tertiary/aromatic N) is 1. The zero-order valence-electron chi connectivity index (χ0n) is 16.1. The van der Waals surface area contributed by atoms with Crippen LogP contribution < -0.4 is 5.32 Å². The van der Waals surface area contributed by atoms with Crippen LogP contribution in [0.5, 0.6) is 0 Å². The SMILES string of the molecule is CCc1ccc(C(NC(=O)c2ccc3c(c2)C(=O)N(C)C3=O)c2cccs2)cc1. The van der Waals surface area contributed by atoms with Crippen LogP contribution in [-0.2, 0) is 6.42 Å². The summed E-state index contributed by atoms with van der Waals surface area (Å²) >= 11 is 1.57. The molecule has 1 N–H and O–H groups in total. The molecule has 1 unspecified atom stereocenters. The number of thiophene rings is 1. The van der Waals surface area contributed by atoms with Crippen molar-refractivity contribution < 1.29 is 14.4 Å². The van der Waals surface area contributed by atoms with Crippen LogP contribution in [0, 0.1) is 0 Å². The quantitative estimate of drug-likeness (QED) is 0.652. The Morgan fingerprint density at radius 3 is 2.41 bits per heavy atom. The van der Waals surface area contributed by atoms with E-state index >= 15 is 0 Å². The van der Waals surface area contributed by atoms with Gasteiger partial charge >= 0.3 is 0 Å². The van der Waals surface area contributed by atoms with Gasteiger partial charge in [-0.05, 0) is 47.2 Å². The van der Waals surface area contributed by atoms with E-state index < -0.39 is 0 Å². The molecule has 2 heterocycles. The molecular weight excluding hydrogens is 384 g/mol. The largest absolute Gasteiger partial charge is 0.340 e. The molecule has 0 fully saturated rings. The molecule has 2 aromatic carbocycles. The smallest absolute Gasteiger partial charge is 0.261 e. The van der Waals surface area contributed by atoms with Crippen molar-refractivity contribution in [1.82, 2.24) is 10.2 Å². The minimum atomic E-state index is -0.385. The number of carbonyl (C=O) groups excluding carboxylic acids is 3. The fourth-order valence-corrected chi connectivity index (χ4v) is 4.24. The second-order valence-electron chi connectivity index (χ2n) is 6.95. The number of benzene rings is 2. The molecule has 0 radical (unpaired) electrons. The third kappa shape index (κ3) is 3.47. The van der Waals surface area contributed by atoms with Crippen LogP contribution >= 0.6 is 11.3 Å². The number of fused-ring (bicyclic) bond motifs is 1. The standard InChI is InChI=1S/C23H20N2O3S/c1-3-14-6-8-15(9-7-14)20(19-5-4-12-29-19)24-21(26)16-10-11-17-18(13-16)23(28)25(2)22(17)27/h4-13,20H,3H2,1-2H3,(H,24,26). The fourth-order valence-electron chi connectivity index (χ4n) is 3.44. The van der Waals surface area contributed by atoms with E-state index in [2.05, 4.69) is 24.4 Å². The molecule has 5 nitrogen and oxygen atoms in total. The lowest BCUT2D eigenvalue weighted by atomic mass is 10.0. The molecule has 146 valence electrons. The van der Waals surface area contributed by atoms with Crippen molar-refractivity contribution in [3.63, 3.8) is 0 Å². The summed E-state index contributed by atoms with van der Waals surface area (Å²) in [5.41, 5.74) is 3.18. The molecule has 1 aromatic heterocycles. The third-order valence-corrected chi connectivity index (χ3v) is 6.11. The van der Waals surface area contributed by atoms with Gasteiger partial charge in [0.1, 0.15) is 0 Å². The molecule has 29 heavy (non-hydrogen) atoms. The number of hydrogen-bond acceptors (Lipinski definition) is 4. The van der Waals surface area contributed by atoms with Gasteiger partial charge in [-0.15, -0.1) is 11.3 Å². The van der Waals surface area contributed by atoms with Crippen molar-refractivity contribution in [1.29, 1.82) is 0 Å². The lowest BCUT2D eigenvalue weighted by Crippen LogP contribution is -2.29. The summed E-state index contributed by atoms with van der Waals surface area (Å²) in [6.45, 7) is 2.10. The third-order valence-electron chi connectivity index (χ3n) is 5.18. The summed E-state index contributed by atoms with van der Waals surface area (Å²) in [6, 6.07) is 16.5. The Balaban J connectivity index is 1.64. The average Bonchev–Trinajstić information content (AvgIpc) is 3.36. The molecule has 1 aliphatic heterocycles. The first-order valence-corrected chi connectivity index (χ1v) is 10.3. The maximum Gasteiger partial charge on any atom is 0.261 e. The van der Waals surface area contributed by atoms with Gasteiger partial charge in [-0.3, -0.25) is 19.3 Å². The Kier molecular flexibility index (Phi) is 5.03. The second-order valence-corrected chi connectivity index (χ2v) is 7.93. The van der Waals surface area contributed by atoms with Crippen LogP contribution in [0.15, 0.2) is 60.0 Å². The van der Waals surface area contributed by atoms with Crippen LogP contribution in [0.1, 0.15) is 60.0 Å². The Labute approximate surface area is 173 Å². The Morgan fingerprint density at radius 1 is 1.03 bits per heavy atom. The van der Waals surface area contributed by atoms with Crippen LogP contribution in [0.25, 0.3) is 0 Å². The maximum atomic E-state index is 13.0. The highest BCUT2D eigenvalue weighted by molar-refractivity contribution is 7.10. The predicted octanol–water partition coefficient (Wildman–Crippen LogP) is 4.06. The Bertz CT molecular complexity index is 1090. The molecule has 0 bridgehead atoms. The zero-order valence-corrected chi connectivity index (χ0v) is 17.0. The average molecular weight is 404 g/mol. The molecule has 3 aromatic rings. The normalized spacial score (nSPS) is 14.1. The van der Waals surface area contributed by atoms with Crippen LogP contribution in [0.2, 0.25) is 0 Å². The van der Waals surface area contributed by atoms with Gasteiger partial charge in [0, 0.05) is 17.5 Å². The number of rotatable bonds is 5. The lowest BCUT2D eigenvalue weighted by molar-refractivity contribution is 0.0693. The van der Waals surface area contributed by atoms with Gasteiger partial charge in [0.05, 0.1) is 17.2 Å².